The topological polar surface area (TPSA) is 106 Å². The average Bonchev–Trinajstić information content (AvgIpc) is 2.43. The molecule has 0 amide bonds. The summed E-state index contributed by atoms with van der Waals surface area (Å²) in [5, 5.41) is 0. The van der Waals surface area contributed by atoms with Crippen LogP contribution in [0.1, 0.15) is 20.3 Å². The number of pyridine rings is 1. The minimum absolute atomic E-state index is 0.0409. The minimum atomic E-state index is -3.68. The lowest BCUT2D eigenvalue weighted by molar-refractivity contribution is -0.0908. The molecule has 1 aliphatic carbocycles. The van der Waals surface area contributed by atoms with Crippen molar-refractivity contribution in [3.8, 4) is 0 Å². The van der Waals surface area contributed by atoms with Crippen LogP contribution in [0.25, 0.3) is 0 Å². The van der Waals surface area contributed by atoms with E-state index in [1.54, 1.807) is 7.11 Å². The van der Waals surface area contributed by atoms with Crippen LogP contribution in [0.15, 0.2) is 23.4 Å². The summed E-state index contributed by atoms with van der Waals surface area (Å²) in [6.45, 7) is 3.95. The molecular weight excluding hydrogens is 280 g/mol. The molecule has 1 aromatic heterocycles. The van der Waals surface area contributed by atoms with E-state index in [2.05, 4.69) is 15.1 Å². The van der Waals surface area contributed by atoms with Crippen molar-refractivity contribution in [1.29, 1.82) is 0 Å². The van der Waals surface area contributed by atoms with Crippen LogP contribution in [0.2, 0.25) is 0 Å². The molecule has 0 saturated heterocycles. The maximum absolute atomic E-state index is 12.4. The van der Waals surface area contributed by atoms with Gasteiger partial charge in [0.1, 0.15) is 4.90 Å². The van der Waals surface area contributed by atoms with Gasteiger partial charge in [-0.25, -0.2) is 13.1 Å². The first-order valence-electron chi connectivity index (χ1n) is 6.28. The Kier molecular flexibility index (Phi) is 4.01. The van der Waals surface area contributed by atoms with E-state index in [-0.39, 0.29) is 22.5 Å². The number of hydrogen-bond donors (Lipinski definition) is 3. The van der Waals surface area contributed by atoms with E-state index in [1.165, 1.54) is 18.5 Å². The Morgan fingerprint density at radius 2 is 2.20 bits per heavy atom. The van der Waals surface area contributed by atoms with Crippen molar-refractivity contribution >= 4 is 15.7 Å². The van der Waals surface area contributed by atoms with E-state index in [9.17, 15) is 8.42 Å². The Morgan fingerprint density at radius 1 is 1.50 bits per heavy atom. The molecule has 2 unspecified atom stereocenters. The molecule has 7 nitrogen and oxygen atoms in total. The van der Waals surface area contributed by atoms with E-state index in [4.69, 9.17) is 10.6 Å². The lowest BCUT2D eigenvalue weighted by Crippen LogP contribution is -2.61. The highest BCUT2D eigenvalue weighted by Gasteiger charge is 2.50. The standard InChI is InChI=1S/C12H20N4O3S/c1-12(2)10(6-11(12)19-3)16-20(17,18)9-7-14-5-4-8(9)15-13/h4-5,7,10-11,16H,6,13H2,1-3H3,(H,14,15). The number of nitrogens with zero attached hydrogens (tertiary/aromatic N) is 1. The van der Waals surface area contributed by atoms with Crippen LogP contribution in [0.3, 0.4) is 0 Å². The molecule has 1 heterocycles. The van der Waals surface area contributed by atoms with Crippen molar-refractivity contribution in [2.24, 2.45) is 11.3 Å². The molecular formula is C12H20N4O3S. The number of rotatable bonds is 5. The van der Waals surface area contributed by atoms with Gasteiger partial charge < -0.3 is 10.2 Å². The molecule has 1 saturated carbocycles. The second-order valence-corrected chi connectivity index (χ2v) is 7.15. The van der Waals surface area contributed by atoms with Gasteiger partial charge in [0.2, 0.25) is 10.0 Å². The summed E-state index contributed by atoms with van der Waals surface area (Å²) in [7, 11) is -2.04. The predicted octanol–water partition coefficient (Wildman–Crippen LogP) is 0.459. The van der Waals surface area contributed by atoms with Crippen molar-refractivity contribution < 1.29 is 13.2 Å². The molecule has 112 valence electrons. The highest BCUT2D eigenvalue weighted by atomic mass is 32.2. The van der Waals surface area contributed by atoms with Crippen LogP contribution >= 0.6 is 0 Å². The number of nitrogens with one attached hydrogen (secondary N) is 2. The second kappa shape index (κ2) is 5.28. The maximum Gasteiger partial charge on any atom is 0.244 e. The smallest absolute Gasteiger partial charge is 0.244 e. The Morgan fingerprint density at radius 3 is 2.75 bits per heavy atom. The maximum atomic E-state index is 12.4. The fourth-order valence-electron chi connectivity index (χ4n) is 2.45. The summed E-state index contributed by atoms with van der Waals surface area (Å²) >= 11 is 0. The molecule has 1 fully saturated rings. The highest BCUT2D eigenvalue weighted by molar-refractivity contribution is 7.89. The fourth-order valence-corrected chi connectivity index (χ4v) is 3.97. The number of nitrogen functional groups attached to an aromatic ring is 1. The van der Waals surface area contributed by atoms with Crippen molar-refractivity contribution in [2.45, 2.75) is 37.3 Å². The van der Waals surface area contributed by atoms with Gasteiger partial charge in [-0.1, -0.05) is 13.8 Å². The predicted molar refractivity (Wildman–Crippen MR) is 75.4 cm³/mol. The molecule has 0 spiro atoms. The van der Waals surface area contributed by atoms with Crippen LogP contribution in [-0.2, 0) is 14.8 Å². The summed E-state index contributed by atoms with van der Waals surface area (Å²) in [6, 6.07) is 1.33. The lowest BCUT2D eigenvalue weighted by atomic mass is 9.65. The Balaban J connectivity index is 2.21. The number of hydrazine groups is 1. The molecule has 1 aromatic rings. The van der Waals surface area contributed by atoms with Gasteiger partial charge in [0, 0.05) is 31.0 Å². The highest BCUT2D eigenvalue weighted by Crippen LogP contribution is 2.43. The lowest BCUT2D eigenvalue weighted by Gasteiger charge is -2.50. The minimum Gasteiger partial charge on any atom is -0.381 e. The molecule has 20 heavy (non-hydrogen) atoms. The molecule has 2 rings (SSSR count). The third-order valence-corrected chi connectivity index (χ3v) is 5.49. The fraction of sp³-hybridized carbons (Fsp3) is 0.583. The van der Waals surface area contributed by atoms with Crippen molar-refractivity contribution in [1.82, 2.24) is 9.71 Å². The van der Waals surface area contributed by atoms with Crippen LogP contribution in [0.5, 0.6) is 0 Å². The molecule has 0 aromatic carbocycles. The molecule has 4 N–H and O–H groups in total. The number of sulfonamides is 1. The van der Waals surface area contributed by atoms with Crippen LogP contribution in [0.4, 0.5) is 5.69 Å². The Hall–Kier alpha value is -1.22. The third kappa shape index (κ3) is 2.51. The second-order valence-electron chi connectivity index (χ2n) is 5.47. The monoisotopic (exact) mass is 300 g/mol. The van der Waals surface area contributed by atoms with Crippen LogP contribution in [-0.4, -0.2) is 32.7 Å². The Labute approximate surface area is 118 Å². The van der Waals surface area contributed by atoms with Gasteiger partial charge in [0.15, 0.2) is 0 Å². The van der Waals surface area contributed by atoms with Crippen molar-refractivity contribution in [2.75, 3.05) is 12.5 Å². The average molecular weight is 300 g/mol. The molecule has 8 heteroatoms. The van der Waals surface area contributed by atoms with Gasteiger partial charge in [-0.2, -0.15) is 0 Å². The molecule has 1 aliphatic rings. The third-order valence-electron chi connectivity index (χ3n) is 3.99. The number of aromatic nitrogens is 1. The van der Waals surface area contributed by atoms with E-state index >= 15 is 0 Å². The van der Waals surface area contributed by atoms with E-state index in [0.717, 1.165) is 0 Å². The van der Waals surface area contributed by atoms with E-state index in [0.29, 0.717) is 12.1 Å². The number of anilines is 1. The SMILES string of the molecule is COC1CC(NS(=O)(=O)c2cnccc2NN)C1(C)C. The number of hydrogen-bond acceptors (Lipinski definition) is 6. The van der Waals surface area contributed by atoms with E-state index in [1.807, 2.05) is 13.8 Å². The van der Waals surface area contributed by atoms with Crippen molar-refractivity contribution in [3.05, 3.63) is 18.5 Å². The Bertz CT molecular complexity index is 588. The first kappa shape index (κ1) is 15.2. The molecule has 0 bridgehead atoms. The summed E-state index contributed by atoms with van der Waals surface area (Å²) in [5.41, 5.74) is 2.43. The van der Waals surface area contributed by atoms with Crippen LogP contribution in [0, 0.1) is 5.41 Å². The summed E-state index contributed by atoms with van der Waals surface area (Å²) in [4.78, 5) is 3.88. The van der Waals surface area contributed by atoms with Gasteiger partial charge in [-0.05, 0) is 12.5 Å². The largest absolute Gasteiger partial charge is 0.381 e. The summed E-state index contributed by atoms with van der Waals surface area (Å²) in [5.74, 6) is 5.33. The zero-order chi connectivity index (χ0) is 15.0. The summed E-state index contributed by atoms with van der Waals surface area (Å²) < 4.78 is 32.8. The first-order chi connectivity index (χ1) is 9.32. The van der Waals surface area contributed by atoms with E-state index < -0.39 is 10.0 Å². The molecule has 0 radical (unpaired) electrons. The summed E-state index contributed by atoms with van der Waals surface area (Å²) in [6.07, 6.45) is 3.45. The van der Waals surface area contributed by atoms with Gasteiger partial charge in [0.25, 0.3) is 0 Å². The van der Waals surface area contributed by atoms with Gasteiger partial charge >= 0.3 is 0 Å². The van der Waals surface area contributed by atoms with Crippen LogP contribution < -0.4 is 16.0 Å². The first-order valence-corrected chi connectivity index (χ1v) is 7.77. The zero-order valence-electron chi connectivity index (χ0n) is 11.8. The molecule has 2 atom stereocenters. The van der Waals surface area contributed by atoms with Gasteiger partial charge in [-0.15, -0.1) is 0 Å². The van der Waals surface area contributed by atoms with Gasteiger partial charge in [0.05, 0.1) is 11.8 Å². The normalized spacial score (nSPS) is 25.0. The number of methoxy groups -OCH3 is 1. The number of ether oxygens (including phenoxy) is 1. The number of nitrogens with two attached hydrogens (primary N) is 1. The van der Waals surface area contributed by atoms with Crippen molar-refractivity contribution in [3.63, 3.8) is 0 Å². The quantitative estimate of drug-likeness (QED) is 0.539. The van der Waals surface area contributed by atoms with Gasteiger partial charge in [-0.3, -0.25) is 10.8 Å². The zero-order valence-corrected chi connectivity index (χ0v) is 12.6. The molecule has 0 aliphatic heterocycles.